The molecular weight excluding hydrogens is 226 g/mol. The standard InChI is InChI=1S/C14H23N3O/c1-9(2)18-14-12(15)5-6-13(16-14)17-7-10(3)11(4)8-17/h5-6,9-11H,7-8,15H2,1-4H3. The summed E-state index contributed by atoms with van der Waals surface area (Å²) in [6.45, 7) is 10.6. The van der Waals surface area contributed by atoms with E-state index in [1.54, 1.807) is 0 Å². The molecule has 0 radical (unpaired) electrons. The van der Waals surface area contributed by atoms with Gasteiger partial charge in [-0.15, -0.1) is 0 Å². The second-order valence-corrected chi connectivity index (χ2v) is 5.59. The molecule has 2 heterocycles. The van der Waals surface area contributed by atoms with Gasteiger partial charge in [-0.3, -0.25) is 0 Å². The number of hydrogen-bond donors (Lipinski definition) is 1. The molecule has 2 atom stereocenters. The first-order valence-corrected chi connectivity index (χ1v) is 6.65. The van der Waals surface area contributed by atoms with E-state index in [1.807, 2.05) is 26.0 Å². The van der Waals surface area contributed by atoms with E-state index >= 15 is 0 Å². The van der Waals surface area contributed by atoms with Crippen LogP contribution in [-0.4, -0.2) is 24.2 Å². The highest BCUT2D eigenvalue weighted by atomic mass is 16.5. The molecular formula is C14H23N3O. The monoisotopic (exact) mass is 249 g/mol. The van der Waals surface area contributed by atoms with Crippen LogP contribution in [-0.2, 0) is 0 Å². The largest absolute Gasteiger partial charge is 0.473 e. The molecule has 0 aromatic carbocycles. The first-order chi connectivity index (χ1) is 8.47. The van der Waals surface area contributed by atoms with Crippen LogP contribution in [0.15, 0.2) is 12.1 Å². The van der Waals surface area contributed by atoms with Crippen LogP contribution in [0.2, 0.25) is 0 Å². The van der Waals surface area contributed by atoms with Crippen LogP contribution in [0.3, 0.4) is 0 Å². The summed E-state index contributed by atoms with van der Waals surface area (Å²) in [6.07, 6.45) is 0.0893. The summed E-state index contributed by atoms with van der Waals surface area (Å²) in [5, 5.41) is 0. The number of pyridine rings is 1. The van der Waals surface area contributed by atoms with Crippen molar-refractivity contribution < 1.29 is 4.74 Å². The van der Waals surface area contributed by atoms with Gasteiger partial charge in [-0.25, -0.2) is 0 Å². The number of ether oxygens (including phenoxy) is 1. The zero-order valence-electron chi connectivity index (χ0n) is 11.7. The average molecular weight is 249 g/mol. The normalized spacial score (nSPS) is 23.7. The summed E-state index contributed by atoms with van der Waals surface area (Å²) in [6, 6.07) is 3.86. The van der Waals surface area contributed by atoms with Crippen LogP contribution in [0.1, 0.15) is 27.7 Å². The predicted octanol–water partition coefficient (Wildman–Crippen LogP) is 2.54. The molecule has 0 saturated carbocycles. The maximum Gasteiger partial charge on any atom is 0.239 e. The summed E-state index contributed by atoms with van der Waals surface area (Å²) in [4.78, 5) is 6.85. The quantitative estimate of drug-likeness (QED) is 0.894. The number of nitrogens with two attached hydrogens (primary N) is 1. The lowest BCUT2D eigenvalue weighted by atomic mass is 10.0. The number of rotatable bonds is 3. The van der Waals surface area contributed by atoms with Gasteiger partial charge in [0, 0.05) is 13.1 Å². The summed E-state index contributed by atoms with van der Waals surface area (Å²) < 4.78 is 5.64. The molecule has 0 spiro atoms. The Morgan fingerprint density at radius 2 is 1.89 bits per heavy atom. The zero-order valence-corrected chi connectivity index (χ0v) is 11.7. The van der Waals surface area contributed by atoms with Gasteiger partial charge in [0.25, 0.3) is 0 Å². The maximum absolute atomic E-state index is 5.88. The molecule has 0 aliphatic carbocycles. The third kappa shape index (κ3) is 2.68. The third-order valence-electron chi connectivity index (χ3n) is 3.53. The van der Waals surface area contributed by atoms with Crippen molar-refractivity contribution in [3.63, 3.8) is 0 Å². The van der Waals surface area contributed by atoms with Crippen molar-refractivity contribution in [2.75, 3.05) is 23.7 Å². The molecule has 2 N–H and O–H groups in total. The van der Waals surface area contributed by atoms with Crippen molar-refractivity contribution in [2.24, 2.45) is 11.8 Å². The van der Waals surface area contributed by atoms with Crippen molar-refractivity contribution in [2.45, 2.75) is 33.8 Å². The van der Waals surface area contributed by atoms with E-state index in [1.165, 1.54) is 0 Å². The first-order valence-electron chi connectivity index (χ1n) is 6.65. The van der Waals surface area contributed by atoms with E-state index in [9.17, 15) is 0 Å². The van der Waals surface area contributed by atoms with Gasteiger partial charge in [0.05, 0.1) is 11.8 Å². The molecule has 1 fully saturated rings. The molecule has 2 unspecified atom stereocenters. The first kappa shape index (κ1) is 13.0. The second kappa shape index (κ2) is 5.04. The number of nitrogen functional groups attached to an aromatic ring is 1. The van der Waals surface area contributed by atoms with Gasteiger partial charge < -0.3 is 15.4 Å². The Bertz CT molecular complexity index is 410. The summed E-state index contributed by atoms with van der Waals surface area (Å²) in [5.74, 6) is 2.93. The van der Waals surface area contributed by atoms with E-state index in [4.69, 9.17) is 10.5 Å². The molecule has 1 saturated heterocycles. The van der Waals surface area contributed by atoms with Gasteiger partial charge in [-0.1, -0.05) is 13.8 Å². The van der Waals surface area contributed by atoms with E-state index in [-0.39, 0.29) is 6.10 Å². The summed E-state index contributed by atoms with van der Waals surface area (Å²) in [7, 11) is 0. The van der Waals surface area contributed by atoms with Gasteiger partial charge in [0.1, 0.15) is 5.82 Å². The van der Waals surface area contributed by atoms with Gasteiger partial charge in [0.2, 0.25) is 5.88 Å². The van der Waals surface area contributed by atoms with Crippen LogP contribution >= 0.6 is 0 Å². The molecule has 2 rings (SSSR count). The smallest absolute Gasteiger partial charge is 0.239 e. The fourth-order valence-corrected chi connectivity index (χ4v) is 2.25. The van der Waals surface area contributed by atoms with Crippen LogP contribution in [0.4, 0.5) is 11.5 Å². The Balaban J connectivity index is 2.19. The maximum atomic E-state index is 5.88. The highest BCUT2D eigenvalue weighted by molar-refractivity contribution is 5.55. The SMILES string of the molecule is CC(C)Oc1nc(N2CC(C)C(C)C2)ccc1N. The Morgan fingerprint density at radius 3 is 2.44 bits per heavy atom. The van der Waals surface area contributed by atoms with Gasteiger partial charge in [-0.05, 0) is 37.8 Å². The van der Waals surface area contributed by atoms with E-state index < -0.39 is 0 Å². The molecule has 0 amide bonds. The highest BCUT2D eigenvalue weighted by Crippen LogP contribution is 2.29. The van der Waals surface area contributed by atoms with E-state index in [0.717, 1.165) is 18.9 Å². The minimum Gasteiger partial charge on any atom is -0.473 e. The molecule has 1 aromatic heterocycles. The Labute approximate surface area is 109 Å². The zero-order chi connectivity index (χ0) is 13.3. The number of hydrogen-bond acceptors (Lipinski definition) is 4. The minimum absolute atomic E-state index is 0.0893. The Hall–Kier alpha value is -1.45. The molecule has 100 valence electrons. The lowest BCUT2D eigenvalue weighted by Gasteiger charge is -2.19. The van der Waals surface area contributed by atoms with Crippen LogP contribution in [0, 0.1) is 11.8 Å². The minimum atomic E-state index is 0.0893. The molecule has 1 aliphatic rings. The van der Waals surface area contributed by atoms with Crippen molar-refractivity contribution >= 4 is 11.5 Å². The van der Waals surface area contributed by atoms with Crippen molar-refractivity contribution in [1.82, 2.24) is 4.98 Å². The number of anilines is 2. The van der Waals surface area contributed by atoms with Crippen LogP contribution in [0.5, 0.6) is 5.88 Å². The number of nitrogens with zero attached hydrogens (tertiary/aromatic N) is 2. The molecule has 4 heteroatoms. The van der Waals surface area contributed by atoms with Crippen LogP contribution < -0.4 is 15.4 Å². The van der Waals surface area contributed by atoms with Gasteiger partial charge >= 0.3 is 0 Å². The van der Waals surface area contributed by atoms with Crippen molar-refractivity contribution in [3.8, 4) is 5.88 Å². The molecule has 0 bridgehead atoms. The van der Waals surface area contributed by atoms with Crippen molar-refractivity contribution in [1.29, 1.82) is 0 Å². The Morgan fingerprint density at radius 1 is 1.28 bits per heavy atom. The molecule has 18 heavy (non-hydrogen) atoms. The van der Waals surface area contributed by atoms with E-state index in [2.05, 4.69) is 23.7 Å². The second-order valence-electron chi connectivity index (χ2n) is 5.59. The highest BCUT2D eigenvalue weighted by Gasteiger charge is 2.27. The van der Waals surface area contributed by atoms with Gasteiger partial charge in [-0.2, -0.15) is 4.98 Å². The van der Waals surface area contributed by atoms with Crippen molar-refractivity contribution in [3.05, 3.63) is 12.1 Å². The lowest BCUT2D eigenvalue weighted by Crippen LogP contribution is -2.21. The fourth-order valence-electron chi connectivity index (χ4n) is 2.25. The number of aromatic nitrogens is 1. The third-order valence-corrected chi connectivity index (χ3v) is 3.53. The van der Waals surface area contributed by atoms with Gasteiger partial charge in [0.15, 0.2) is 0 Å². The topological polar surface area (TPSA) is 51.4 Å². The van der Waals surface area contributed by atoms with E-state index in [0.29, 0.717) is 23.4 Å². The lowest BCUT2D eigenvalue weighted by molar-refractivity contribution is 0.234. The molecule has 1 aliphatic heterocycles. The molecule has 4 nitrogen and oxygen atoms in total. The summed E-state index contributed by atoms with van der Waals surface area (Å²) >= 11 is 0. The molecule has 1 aromatic rings. The summed E-state index contributed by atoms with van der Waals surface area (Å²) in [5.41, 5.74) is 6.49. The predicted molar refractivity (Wildman–Crippen MR) is 75.0 cm³/mol. The Kier molecular flexibility index (Phi) is 3.64. The van der Waals surface area contributed by atoms with Crippen LogP contribution in [0.25, 0.3) is 0 Å². The average Bonchev–Trinajstić information content (AvgIpc) is 2.62. The fraction of sp³-hybridized carbons (Fsp3) is 0.643.